The Kier molecular flexibility index (Phi) is 5.50. The third-order valence-corrected chi connectivity index (χ3v) is 6.29. The average Bonchev–Trinajstić information content (AvgIpc) is 2.73. The number of carbonyl (C=O) groups is 1. The van der Waals surface area contributed by atoms with Crippen LogP contribution in [0, 0.1) is 0 Å². The second-order valence-electron chi connectivity index (χ2n) is 8.00. The topological polar surface area (TPSA) is 61.4 Å². The van der Waals surface area contributed by atoms with Gasteiger partial charge in [0.25, 0.3) is 0 Å². The molecule has 142 valence electrons. The van der Waals surface area contributed by atoms with Crippen LogP contribution < -0.4 is 5.32 Å². The Hall–Kier alpha value is -1.53. The van der Waals surface area contributed by atoms with E-state index >= 15 is 0 Å². The standard InChI is InChI=1S/C20H31N5O/c1-15(24-9-3-2-4-10-24)20(26)25-11-6-16(7-12-25)19-22-14-17-13-21-8-5-18(17)23-19/h14-16,21H,2-13H2,1H3/t15-/m0/s1. The predicted molar refractivity (Wildman–Crippen MR) is 101 cm³/mol. The van der Waals surface area contributed by atoms with E-state index in [1.165, 1.54) is 30.5 Å². The number of hydrogen-bond acceptors (Lipinski definition) is 5. The minimum Gasteiger partial charge on any atom is -0.341 e. The van der Waals surface area contributed by atoms with Crippen LogP contribution in [0.25, 0.3) is 0 Å². The maximum absolute atomic E-state index is 12.9. The normalized spacial score (nSPS) is 23.5. The molecule has 6 heteroatoms. The zero-order valence-electron chi connectivity index (χ0n) is 15.9. The molecule has 26 heavy (non-hydrogen) atoms. The van der Waals surface area contributed by atoms with Crippen LogP contribution in [-0.4, -0.2) is 64.4 Å². The molecule has 1 aromatic heterocycles. The number of aromatic nitrogens is 2. The molecule has 4 rings (SSSR count). The maximum atomic E-state index is 12.9. The largest absolute Gasteiger partial charge is 0.341 e. The van der Waals surface area contributed by atoms with Crippen LogP contribution in [0.3, 0.4) is 0 Å². The van der Waals surface area contributed by atoms with Gasteiger partial charge in [-0.2, -0.15) is 0 Å². The Labute approximate surface area is 156 Å². The first-order valence-corrected chi connectivity index (χ1v) is 10.3. The highest BCUT2D eigenvalue weighted by molar-refractivity contribution is 5.81. The first kappa shape index (κ1) is 17.9. The van der Waals surface area contributed by atoms with E-state index in [1.54, 1.807) is 0 Å². The monoisotopic (exact) mass is 357 g/mol. The summed E-state index contributed by atoms with van der Waals surface area (Å²) in [6.07, 6.45) is 8.72. The molecule has 2 fully saturated rings. The van der Waals surface area contributed by atoms with Gasteiger partial charge in [0.1, 0.15) is 5.82 Å². The van der Waals surface area contributed by atoms with E-state index in [-0.39, 0.29) is 6.04 Å². The number of nitrogens with one attached hydrogen (secondary N) is 1. The molecule has 2 saturated heterocycles. The van der Waals surface area contributed by atoms with Crippen molar-refractivity contribution in [3.8, 4) is 0 Å². The van der Waals surface area contributed by atoms with Gasteiger partial charge in [-0.1, -0.05) is 6.42 Å². The molecule has 0 aliphatic carbocycles. The minimum atomic E-state index is 0.0272. The quantitative estimate of drug-likeness (QED) is 0.892. The average molecular weight is 358 g/mol. The molecule has 3 aliphatic heterocycles. The van der Waals surface area contributed by atoms with Crippen molar-refractivity contribution in [2.45, 2.75) is 64.0 Å². The first-order chi connectivity index (χ1) is 12.7. The Morgan fingerprint density at radius 1 is 1.19 bits per heavy atom. The second kappa shape index (κ2) is 8.01. The molecule has 1 N–H and O–H groups in total. The molecule has 0 unspecified atom stereocenters. The van der Waals surface area contributed by atoms with Gasteiger partial charge in [-0.15, -0.1) is 0 Å². The second-order valence-corrected chi connectivity index (χ2v) is 8.00. The number of carbonyl (C=O) groups excluding carboxylic acids is 1. The number of piperidine rings is 2. The molecule has 1 amide bonds. The van der Waals surface area contributed by atoms with Crippen LogP contribution in [0.5, 0.6) is 0 Å². The molecule has 0 aromatic carbocycles. The number of fused-ring (bicyclic) bond motifs is 1. The van der Waals surface area contributed by atoms with E-state index in [0.717, 1.165) is 64.4 Å². The van der Waals surface area contributed by atoms with Crippen molar-refractivity contribution in [2.24, 2.45) is 0 Å². The number of nitrogens with zero attached hydrogens (tertiary/aromatic N) is 4. The highest BCUT2D eigenvalue weighted by Crippen LogP contribution is 2.27. The summed E-state index contributed by atoms with van der Waals surface area (Å²) in [5.41, 5.74) is 2.45. The van der Waals surface area contributed by atoms with E-state index in [9.17, 15) is 4.79 Å². The molecular weight excluding hydrogens is 326 g/mol. The van der Waals surface area contributed by atoms with E-state index in [2.05, 4.69) is 27.0 Å². The molecular formula is C20H31N5O. The lowest BCUT2D eigenvalue weighted by Gasteiger charge is -2.37. The van der Waals surface area contributed by atoms with Crippen molar-refractivity contribution >= 4 is 5.91 Å². The third kappa shape index (κ3) is 3.76. The predicted octanol–water partition coefficient (Wildman–Crippen LogP) is 1.70. The number of amides is 1. The van der Waals surface area contributed by atoms with Crippen LogP contribution in [0.1, 0.15) is 62.0 Å². The molecule has 0 radical (unpaired) electrons. The van der Waals surface area contributed by atoms with Gasteiger partial charge in [0.05, 0.1) is 6.04 Å². The van der Waals surface area contributed by atoms with E-state index in [1.807, 2.05) is 6.20 Å². The molecule has 0 bridgehead atoms. The zero-order valence-corrected chi connectivity index (χ0v) is 15.9. The summed E-state index contributed by atoms with van der Waals surface area (Å²) in [6.45, 7) is 7.79. The van der Waals surface area contributed by atoms with Gasteiger partial charge in [-0.25, -0.2) is 9.97 Å². The fraction of sp³-hybridized carbons (Fsp3) is 0.750. The first-order valence-electron chi connectivity index (χ1n) is 10.3. The van der Waals surface area contributed by atoms with E-state index < -0.39 is 0 Å². The lowest BCUT2D eigenvalue weighted by Crippen LogP contribution is -2.50. The molecule has 0 spiro atoms. The van der Waals surface area contributed by atoms with Gasteiger partial charge in [0.15, 0.2) is 0 Å². The Morgan fingerprint density at radius 3 is 2.73 bits per heavy atom. The van der Waals surface area contributed by atoms with Crippen molar-refractivity contribution in [3.05, 3.63) is 23.3 Å². The summed E-state index contributed by atoms with van der Waals surface area (Å²) in [7, 11) is 0. The van der Waals surface area contributed by atoms with Crippen LogP contribution in [-0.2, 0) is 17.8 Å². The van der Waals surface area contributed by atoms with Crippen molar-refractivity contribution < 1.29 is 4.79 Å². The van der Waals surface area contributed by atoms with Crippen LogP contribution in [0.15, 0.2) is 6.20 Å². The van der Waals surface area contributed by atoms with Crippen LogP contribution >= 0.6 is 0 Å². The van der Waals surface area contributed by atoms with Crippen LogP contribution in [0.4, 0.5) is 0 Å². The Morgan fingerprint density at radius 2 is 1.96 bits per heavy atom. The number of hydrogen-bond donors (Lipinski definition) is 1. The van der Waals surface area contributed by atoms with Crippen molar-refractivity contribution in [1.82, 2.24) is 25.1 Å². The number of likely N-dealkylation sites (tertiary alicyclic amines) is 2. The van der Waals surface area contributed by atoms with Gasteiger partial charge >= 0.3 is 0 Å². The molecule has 1 aromatic rings. The van der Waals surface area contributed by atoms with Crippen molar-refractivity contribution in [1.29, 1.82) is 0 Å². The zero-order chi connectivity index (χ0) is 17.9. The summed E-state index contributed by atoms with van der Waals surface area (Å²) >= 11 is 0. The van der Waals surface area contributed by atoms with Crippen LogP contribution in [0.2, 0.25) is 0 Å². The molecule has 1 atom stereocenters. The number of rotatable bonds is 3. The fourth-order valence-corrected chi connectivity index (χ4v) is 4.53. The molecule has 0 saturated carbocycles. The SMILES string of the molecule is C[C@@H](C(=O)N1CCC(c2ncc3c(n2)CCNC3)CC1)N1CCCCC1. The summed E-state index contributed by atoms with van der Waals surface area (Å²) in [5, 5.41) is 3.37. The summed E-state index contributed by atoms with van der Waals surface area (Å²) in [6, 6.07) is 0.0272. The van der Waals surface area contributed by atoms with Crippen molar-refractivity contribution in [2.75, 3.05) is 32.7 Å². The van der Waals surface area contributed by atoms with E-state index in [4.69, 9.17) is 4.98 Å². The van der Waals surface area contributed by atoms with Gasteiger partial charge < -0.3 is 10.2 Å². The Bertz CT molecular complexity index is 635. The smallest absolute Gasteiger partial charge is 0.239 e. The highest BCUT2D eigenvalue weighted by atomic mass is 16.2. The summed E-state index contributed by atoms with van der Waals surface area (Å²) in [4.78, 5) is 26.8. The van der Waals surface area contributed by atoms with Gasteiger partial charge in [0.2, 0.25) is 5.91 Å². The molecule has 3 aliphatic rings. The van der Waals surface area contributed by atoms with E-state index in [0.29, 0.717) is 11.8 Å². The summed E-state index contributed by atoms with van der Waals surface area (Å²) in [5.74, 6) is 1.69. The minimum absolute atomic E-state index is 0.0272. The Balaban J connectivity index is 1.34. The fourth-order valence-electron chi connectivity index (χ4n) is 4.53. The van der Waals surface area contributed by atoms with Gasteiger partial charge in [-0.05, 0) is 45.7 Å². The summed E-state index contributed by atoms with van der Waals surface area (Å²) < 4.78 is 0. The molecule has 6 nitrogen and oxygen atoms in total. The molecule has 4 heterocycles. The lowest BCUT2D eigenvalue weighted by atomic mass is 9.94. The van der Waals surface area contributed by atoms with Crippen molar-refractivity contribution in [3.63, 3.8) is 0 Å². The highest BCUT2D eigenvalue weighted by Gasteiger charge is 2.31. The van der Waals surface area contributed by atoms with Gasteiger partial charge in [-0.3, -0.25) is 9.69 Å². The van der Waals surface area contributed by atoms with Gasteiger partial charge in [0, 0.05) is 56.0 Å². The lowest BCUT2D eigenvalue weighted by molar-refractivity contribution is -0.137. The third-order valence-electron chi connectivity index (χ3n) is 6.29. The maximum Gasteiger partial charge on any atom is 0.239 e.